The van der Waals surface area contributed by atoms with E-state index in [2.05, 4.69) is 5.32 Å². The number of amides is 3. The number of hydrogen-bond acceptors (Lipinski definition) is 3. The lowest BCUT2D eigenvalue weighted by Gasteiger charge is -2.44. The van der Waals surface area contributed by atoms with E-state index >= 15 is 0 Å². The van der Waals surface area contributed by atoms with Gasteiger partial charge in [-0.3, -0.25) is 10.1 Å². The maximum Gasteiger partial charge on any atom is 0.426 e. The Hall–Kier alpha value is -1.09. The maximum atomic E-state index is 14.2. The van der Waals surface area contributed by atoms with Crippen molar-refractivity contribution < 1.29 is 27.2 Å². The molecule has 2 unspecified atom stereocenters. The van der Waals surface area contributed by atoms with Gasteiger partial charge in [-0.2, -0.15) is 13.2 Å². The fraction of sp³-hybridized carbons (Fsp3) is 0.750. The summed E-state index contributed by atoms with van der Waals surface area (Å²) in [5.74, 6) is -1.27. The largest absolute Gasteiger partial charge is 0.426 e. The third-order valence-corrected chi connectivity index (χ3v) is 3.11. The SMILES string of the molecule is Cl.O=C1NC(=O)C2(CCNCC2(F)C(F)(F)F)N1. The zero-order valence-electron chi connectivity index (χ0n) is 8.86. The number of alkyl halides is 4. The molecule has 0 aliphatic carbocycles. The van der Waals surface area contributed by atoms with Crippen molar-refractivity contribution in [2.45, 2.75) is 23.8 Å². The molecule has 2 aliphatic heterocycles. The maximum absolute atomic E-state index is 14.2. The second kappa shape index (κ2) is 4.23. The summed E-state index contributed by atoms with van der Waals surface area (Å²) in [7, 11) is 0. The molecule has 1 spiro atoms. The zero-order valence-corrected chi connectivity index (χ0v) is 9.67. The van der Waals surface area contributed by atoms with Gasteiger partial charge in [0, 0.05) is 6.54 Å². The highest BCUT2D eigenvalue weighted by atomic mass is 35.5. The normalized spacial score (nSPS) is 36.0. The molecule has 2 aliphatic rings. The number of imide groups is 1. The van der Waals surface area contributed by atoms with Crippen LogP contribution in [0.5, 0.6) is 0 Å². The zero-order chi connectivity index (χ0) is 12.9. The van der Waals surface area contributed by atoms with Crippen LogP contribution in [0, 0.1) is 0 Å². The molecule has 0 radical (unpaired) electrons. The standard InChI is InChI=1S/C8H9F4N3O2.ClH/c9-7(8(10,11)12)3-13-2-1-6(7)4(16)14-5(17)15-6;/h13H,1-3H2,(H2,14,15,16,17);1H. The van der Waals surface area contributed by atoms with E-state index in [1.54, 1.807) is 10.6 Å². The van der Waals surface area contributed by atoms with Crippen LogP contribution in [-0.4, -0.2) is 42.4 Å². The number of carbonyl (C=O) groups excluding carboxylic acids is 2. The molecule has 5 nitrogen and oxygen atoms in total. The van der Waals surface area contributed by atoms with Gasteiger partial charge < -0.3 is 10.6 Å². The van der Waals surface area contributed by atoms with Crippen LogP contribution in [0.4, 0.5) is 22.4 Å². The molecule has 10 heteroatoms. The van der Waals surface area contributed by atoms with E-state index in [-0.39, 0.29) is 19.0 Å². The molecular formula is C8H10ClF4N3O2. The van der Waals surface area contributed by atoms with Crippen LogP contribution in [0.2, 0.25) is 0 Å². The van der Waals surface area contributed by atoms with Crippen molar-refractivity contribution in [3.8, 4) is 0 Å². The van der Waals surface area contributed by atoms with Crippen molar-refractivity contribution >= 4 is 24.3 Å². The van der Waals surface area contributed by atoms with E-state index in [1.807, 2.05) is 0 Å². The number of rotatable bonds is 0. The van der Waals surface area contributed by atoms with E-state index in [9.17, 15) is 27.2 Å². The minimum atomic E-state index is -5.25. The molecule has 2 atom stereocenters. The molecule has 0 aromatic heterocycles. The Morgan fingerprint density at radius 3 is 2.28 bits per heavy atom. The Labute approximate surface area is 105 Å². The lowest BCUT2D eigenvalue weighted by Crippen LogP contribution is -2.74. The van der Waals surface area contributed by atoms with Gasteiger partial charge in [0.2, 0.25) is 5.67 Å². The summed E-state index contributed by atoms with van der Waals surface area (Å²) in [6, 6.07) is -1.11. The quantitative estimate of drug-likeness (QED) is 0.443. The van der Waals surface area contributed by atoms with Crippen molar-refractivity contribution in [2.75, 3.05) is 13.1 Å². The highest BCUT2D eigenvalue weighted by molar-refractivity contribution is 6.08. The highest BCUT2D eigenvalue weighted by Crippen LogP contribution is 2.46. The minimum Gasteiger partial charge on any atom is -0.320 e. The first-order valence-electron chi connectivity index (χ1n) is 4.83. The fourth-order valence-electron chi connectivity index (χ4n) is 2.17. The number of carbonyl (C=O) groups is 2. The lowest BCUT2D eigenvalue weighted by atomic mass is 9.75. The van der Waals surface area contributed by atoms with Crippen LogP contribution in [0.1, 0.15) is 6.42 Å². The lowest BCUT2D eigenvalue weighted by molar-refractivity contribution is -0.255. The summed E-state index contributed by atoms with van der Waals surface area (Å²) in [5.41, 5.74) is -6.37. The van der Waals surface area contributed by atoms with Gasteiger partial charge >= 0.3 is 12.2 Å². The van der Waals surface area contributed by atoms with E-state index < -0.39 is 42.3 Å². The molecule has 0 bridgehead atoms. The van der Waals surface area contributed by atoms with Crippen LogP contribution in [0.3, 0.4) is 0 Å². The summed E-state index contributed by atoms with van der Waals surface area (Å²) in [4.78, 5) is 22.4. The topological polar surface area (TPSA) is 70.2 Å². The predicted molar refractivity (Wildman–Crippen MR) is 54.0 cm³/mol. The Morgan fingerprint density at radius 2 is 1.83 bits per heavy atom. The molecule has 2 fully saturated rings. The second-order valence-electron chi connectivity index (χ2n) is 4.04. The third-order valence-electron chi connectivity index (χ3n) is 3.11. The van der Waals surface area contributed by atoms with Crippen molar-refractivity contribution in [3.05, 3.63) is 0 Å². The van der Waals surface area contributed by atoms with Crippen LogP contribution < -0.4 is 16.0 Å². The summed E-state index contributed by atoms with van der Waals surface area (Å²) < 4.78 is 52.5. The molecule has 3 amide bonds. The fourth-order valence-corrected chi connectivity index (χ4v) is 2.17. The average Bonchev–Trinajstić information content (AvgIpc) is 2.46. The smallest absolute Gasteiger partial charge is 0.320 e. The Bertz CT molecular complexity index is 391. The summed E-state index contributed by atoms with van der Waals surface area (Å²) >= 11 is 0. The molecule has 2 saturated heterocycles. The van der Waals surface area contributed by atoms with Gasteiger partial charge in [-0.1, -0.05) is 0 Å². The van der Waals surface area contributed by atoms with Crippen molar-refractivity contribution in [2.24, 2.45) is 0 Å². The summed E-state index contributed by atoms with van der Waals surface area (Å²) in [5, 5.41) is 5.67. The van der Waals surface area contributed by atoms with Crippen LogP contribution in [-0.2, 0) is 4.79 Å². The van der Waals surface area contributed by atoms with Gasteiger partial charge in [0.1, 0.15) is 0 Å². The first-order chi connectivity index (χ1) is 7.73. The average molecular weight is 292 g/mol. The van der Waals surface area contributed by atoms with Gasteiger partial charge in [0.05, 0.1) is 0 Å². The van der Waals surface area contributed by atoms with Gasteiger partial charge in [0.25, 0.3) is 5.91 Å². The third kappa shape index (κ3) is 1.72. The highest BCUT2D eigenvalue weighted by Gasteiger charge is 2.74. The molecule has 0 aromatic carbocycles. The van der Waals surface area contributed by atoms with E-state index in [4.69, 9.17) is 0 Å². The Kier molecular flexibility index (Phi) is 3.52. The number of nitrogens with one attached hydrogen (secondary N) is 3. The van der Waals surface area contributed by atoms with E-state index in [0.717, 1.165) is 0 Å². The van der Waals surface area contributed by atoms with Crippen LogP contribution in [0.25, 0.3) is 0 Å². The summed E-state index contributed by atoms with van der Waals surface area (Å²) in [6.45, 7) is -1.06. The van der Waals surface area contributed by atoms with Gasteiger partial charge in [-0.25, -0.2) is 9.18 Å². The number of halogens is 5. The van der Waals surface area contributed by atoms with E-state index in [1.165, 1.54) is 0 Å². The number of hydrogen-bond donors (Lipinski definition) is 3. The Balaban J connectivity index is 0.00000162. The van der Waals surface area contributed by atoms with Crippen molar-refractivity contribution in [1.29, 1.82) is 0 Å². The summed E-state index contributed by atoms with van der Waals surface area (Å²) in [6.07, 6.45) is -5.71. The number of urea groups is 1. The first kappa shape index (κ1) is 15.0. The first-order valence-corrected chi connectivity index (χ1v) is 4.83. The Morgan fingerprint density at radius 1 is 1.22 bits per heavy atom. The molecule has 104 valence electrons. The molecule has 0 aromatic rings. The second-order valence-corrected chi connectivity index (χ2v) is 4.04. The monoisotopic (exact) mass is 291 g/mol. The molecular weight excluding hydrogens is 282 g/mol. The minimum absolute atomic E-state index is 0. The molecule has 2 rings (SSSR count). The van der Waals surface area contributed by atoms with Gasteiger partial charge in [-0.15, -0.1) is 12.4 Å². The molecule has 3 N–H and O–H groups in total. The van der Waals surface area contributed by atoms with Crippen molar-refractivity contribution in [1.82, 2.24) is 16.0 Å². The molecule has 0 saturated carbocycles. The van der Waals surface area contributed by atoms with Gasteiger partial charge in [-0.05, 0) is 13.0 Å². The van der Waals surface area contributed by atoms with Crippen LogP contribution >= 0.6 is 12.4 Å². The van der Waals surface area contributed by atoms with Crippen LogP contribution in [0.15, 0.2) is 0 Å². The predicted octanol–water partition coefficient (Wildman–Crippen LogP) is 0.250. The van der Waals surface area contributed by atoms with Crippen molar-refractivity contribution in [3.63, 3.8) is 0 Å². The van der Waals surface area contributed by atoms with Gasteiger partial charge in [0.15, 0.2) is 5.54 Å². The molecule has 2 heterocycles. The molecule has 18 heavy (non-hydrogen) atoms. The number of piperidine rings is 1. The van der Waals surface area contributed by atoms with E-state index in [0.29, 0.717) is 0 Å².